The van der Waals surface area contributed by atoms with E-state index in [-0.39, 0.29) is 30.1 Å². The number of amides is 2. The van der Waals surface area contributed by atoms with Gasteiger partial charge in [-0.2, -0.15) is 0 Å². The number of carbonyl (C=O) groups excluding carboxylic acids is 1. The van der Waals surface area contributed by atoms with Crippen LogP contribution in [-0.4, -0.2) is 35.2 Å². The summed E-state index contributed by atoms with van der Waals surface area (Å²) >= 11 is 0. The summed E-state index contributed by atoms with van der Waals surface area (Å²) in [6.07, 6.45) is 4.78. The molecular weight excluding hydrogens is 288 g/mol. The molecule has 2 amide bonds. The fraction of sp³-hybridized carbons (Fsp3) is 0.632. The zero-order valence-corrected chi connectivity index (χ0v) is 14.2. The van der Waals surface area contributed by atoms with Gasteiger partial charge in [0, 0.05) is 19.2 Å². The number of carbonyl (C=O) groups is 1. The van der Waals surface area contributed by atoms with Crippen LogP contribution in [0.1, 0.15) is 63.1 Å². The maximum Gasteiger partial charge on any atom is 0.318 e. The van der Waals surface area contributed by atoms with Crippen molar-refractivity contribution in [1.29, 1.82) is 0 Å². The van der Waals surface area contributed by atoms with Gasteiger partial charge in [-0.15, -0.1) is 0 Å². The van der Waals surface area contributed by atoms with Gasteiger partial charge in [0.15, 0.2) is 0 Å². The Morgan fingerprint density at radius 3 is 2.91 bits per heavy atom. The molecule has 1 aliphatic heterocycles. The molecule has 1 saturated heterocycles. The Hall–Kier alpha value is -1.55. The highest BCUT2D eigenvalue weighted by Crippen LogP contribution is 2.41. The summed E-state index contributed by atoms with van der Waals surface area (Å²) < 4.78 is 0. The number of aliphatic hydroxyl groups is 1. The molecule has 3 rings (SSSR count). The predicted molar refractivity (Wildman–Crippen MR) is 91.4 cm³/mol. The van der Waals surface area contributed by atoms with Gasteiger partial charge >= 0.3 is 6.03 Å². The van der Waals surface area contributed by atoms with Crippen molar-refractivity contribution < 1.29 is 9.90 Å². The number of rotatable bonds is 3. The van der Waals surface area contributed by atoms with E-state index in [9.17, 15) is 9.90 Å². The maximum atomic E-state index is 12.7. The molecule has 23 heavy (non-hydrogen) atoms. The number of urea groups is 1. The van der Waals surface area contributed by atoms with Crippen LogP contribution in [0.2, 0.25) is 0 Å². The summed E-state index contributed by atoms with van der Waals surface area (Å²) in [7, 11) is 0. The first-order chi connectivity index (χ1) is 11.0. The third kappa shape index (κ3) is 3.23. The van der Waals surface area contributed by atoms with Gasteiger partial charge in [-0.05, 0) is 48.6 Å². The van der Waals surface area contributed by atoms with Gasteiger partial charge in [-0.3, -0.25) is 0 Å². The number of hydrogen-bond acceptors (Lipinski definition) is 2. The predicted octanol–water partition coefficient (Wildman–Crippen LogP) is 3.36. The van der Waals surface area contributed by atoms with Gasteiger partial charge in [0.1, 0.15) is 0 Å². The average Bonchev–Trinajstić information content (AvgIpc) is 2.99. The molecule has 4 heteroatoms. The molecule has 0 bridgehead atoms. The number of benzene rings is 1. The minimum absolute atomic E-state index is 0.0282. The number of hydrogen-bond donors (Lipinski definition) is 2. The molecule has 126 valence electrons. The molecule has 2 aliphatic rings. The highest BCUT2D eigenvalue weighted by molar-refractivity contribution is 5.75. The van der Waals surface area contributed by atoms with Crippen LogP contribution in [0.25, 0.3) is 0 Å². The van der Waals surface area contributed by atoms with Crippen LogP contribution in [0.5, 0.6) is 0 Å². The standard InChI is InChI=1S/C19H28N2O2/c1-19(2)11-9-17(15-7-3-4-8-16(15)19)20-18(23)21-12-5-6-14(21)10-13-22/h3-4,7-8,14,17,22H,5-6,9-13H2,1-2H3,(H,20,23). The van der Waals surface area contributed by atoms with E-state index < -0.39 is 0 Å². The van der Waals surface area contributed by atoms with E-state index in [1.165, 1.54) is 11.1 Å². The van der Waals surface area contributed by atoms with Gasteiger partial charge < -0.3 is 15.3 Å². The molecule has 4 nitrogen and oxygen atoms in total. The van der Waals surface area contributed by atoms with Crippen molar-refractivity contribution in [2.75, 3.05) is 13.2 Å². The lowest BCUT2D eigenvalue weighted by molar-refractivity contribution is 0.172. The molecule has 0 spiro atoms. The van der Waals surface area contributed by atoms with Crippen molar-refractivity contribution in [1.82, 2.24) is 10.2 Å². The average molecular weight is 316 g/mol. The SMILES string of the molecule is CC1(C)CCC(NC(=O)N2CCCC2CCO)c2ccccc21. The van der Waals surface area contributed by atoms with Gasteiger partial charge in [-0.1, -0.05) is 38.1 Å². The van der Waals surface area contributed by atoms with E-state index in [0.717, 1.165) is 32.2 Å². The fourth-order valence-corrected chi connectivity index (χ4v) is 4.15. The van der Waals surface area contributed by atoms with E-state index >= 15 is 0 Å². The first kappa shape index (κ1) is 16.3. The molecule has 1 aromatic carbocycles. The Labute approximate surface area is 138 Å². The lowest BCUT2D eigenvalue weighted by Crippen LogP contribution is -2.45. The Morgan fingerprint density at radius 2 is 2.13 bits per heavy atom. The minimum Gasteiger partial charge on any atom is -0.396 e. The molecule has 1 aliphatic carbocycles. The van der Waals surface area contributed by atoms with Gasteiger partial charge in [0.05, 0.1) is 6.04 Å². The van der Waals surface area contributed by atoms with Crippen LogP contribution in [0, 0.1) is 0 Å². The Bertz CT molecular complexity index is 570. The third-order valence-corrected chi connectivity index (χ3v) is 5.52. The lowest BCUT2D eigenvalue weighted by atomic mass is 9.71. The molecular formula is C19H28N2O2. The molecule has 2 unspecified atom stereocenters. The smallest absolute Gasteiger partial charge is 0.318 e. The molecule has 1 heterocycles. The Kier molecular flexibility index (Phi) is 4.62. The number of fused-ring (bicyclic) bond motifs is 1. The van der Waals surface area contributed by atoms with Crippen LogP contribution in [0.15, 0.2) is 24.3 Å². The number of nitrogens with one attached hydrogen (secondary N) is 1. The van der Waals surface area contributed by atoms with Crippen molar-refractivity contribution in [3.63, 3.8) is 0 Å². The van der Waals surface area contributed by atoms with Gasteiger partial charge in [0.2, 0.25) is 0 Å². The number of aliphatic hydroxyl groups excluding tert-OH is 1. The monoisotopic (exact) mass is 316 g/mol. The van der Waals surface area contributed by atoms with E-state index in [0.29, 0.717) is 6.42 Å². The summed E-state index contributed by atoms with van der Waals surface area (Å²) in [5.41, 5.74) is 2.78. The second kappa shape index (κ2) is 6.52. The molecule has 2 atom stereocenters. The number of likely N-dealkylation sites (tertiary alicyclic amines) is 1. The third-order valence-electron chi connectivity index (χ3n) is 5.52. The van der Waals surface area contributed by atoms with E-state index in [1.807, 2.05) is 4.90 Å². The van der Waals surface area contributed by atoms with Crippen molar-refractivity contribution in [3.8, 4) is 0 Å². The summed E-state index contributed by atoms with van der Waals surface area (Å²) in [5, 5.41) is 12.4. The van der Waals surface area contributed by atoms with E-state index in [2.05, 4.69) is 43.4 Å². The normalized spacial score (nSPS) is 26.0. The summed E-state index contributed by atoms with van der Waals surface area (Å²) in [6, 6.07) is 8.80. The van der Waals surface area contributed by atoms with E-state index in [1.54, 1.807) is 0 Å². The van der Waals surface area contributed by atoms with Crippen LogP contribution in [0.4, 0.5) is 4.79 Å². The second-order valence-electron chi connectivity index (χ2n) is 7.51. The van der Waals surface area contributed by atoms with E-state index in [4.69, 9.17) is 0 Å². The van der Waals surface area contributed by atoms with Crippen molar-refractivity contribution in [2.45, 2.75) is 63.5 Å². The molecule has 2 N–H and O–H groups in total. The fourth-order valence-electron chi connectivity index (χ4n) is 4.15. The highest BCUT2D eigenvalue weighted by Gasteiger charge is 2.35. The summed E-state index contributed by atoms with van der Waals surface area (Å²) in [6.45, 7) is 5.51. The first-order valence-corrected chi connectivity index (χ1v) is 8.80. The lowest BCUT2D eigenvalue weighted by Gasteiger charge is -2.38. The molecule has 0 radical (unpaired) electrons. The Balaban J connectivity index is 1.74. The van der Waals surface area contributed by atoms with Crippen LogP contribution in [0.3, 0.4) is 0 Å². The van der Waals surface area contributed by atoms with Crippen LogP contribution in [-0.2, 0) is 5.41 Å². The zero-order valence-electron chi connectivity index (χ0n) is 14.2. The van der Waals surface area contributed by atoms with Crippen molar-refractivity contribution >= 4 is 6.03 Å². The largest absolute Gasteiger partial charge is 0.396 e. The zero-order chi connectivity index (χ0) is 16.4. The van der Waals surface area contributed by atoms with Crippen molar-refractivity contribution in [3.05, 3.63) is 35.4 Å². The Morgan fingerprint density at radius 1 is 1.35 bits per heavy atom. The van der Waals surface area contributed by atoms with Gasteiger partial charge in [-0.25, -0.2) is 4.79 Å². The summed E-state index contributed by atoms with van der Waals surface area (Å²) in [4.78, 5) is 14.6. The molecule has 1 aromatic rings. The molecule has 1 fully saturated rings. The van der Waals surface area contributed by atoms with Crippen LogP contribution >= 0.6 is 0 Å². The minimum atomic E-state index is 0.0282. The molecule has 0 aromatic heterocycles. The number of nitrogens with zero attached hydrogens (tertiary/aromatic N) is 1. The topological polar surface area (TPSA) is 52.6 Å². The van der Waals surface area contributed by atoms with Crippen molar-refractivity contribution in [2.24, 2.45) is 0 Å². The first-order valence-electron chi connectivity index (χ1n) is 8.80. The second-order valence-corrected chi connectivity index (χ2v) is 7.51. The quantitative estimate of drug-likeness (QED) is 0.898. The van der Waals surface area contributed by atoms with Crippen LogP contribution < -0.4 is 5.32 Å². The highest BCUT2D eigenvalue weighted by atomic mass is 16.3. The maximum absolute atomic E-state index is 12.7. The molecule has 0 saturated carbocycles. The summed E-state index contributed by atoms with van der Waals surface area (Å²) in [5.74, 6) is 0. The van der Waals surface area contributed by atoms with Gasteiger partial charge in [0.25, 0.3) is 0 Å².